The summed E-state index contributed by atoms with van der Waals surface area (Å²) >= 11 is -1.64. The molecule has 0 aliphatic rings. The summed E-state index contributed by atoms with van der Waals surface area (Å²) < 4.78 is 32.3. The van der Waals surface area contributed by atoms with Crippen LogP contribution in [-0.2, 0) is 23.1 Å². The molecule has 211 valence electrons. The Morgan fingerprint density at radius 3 is 1.66 bits per heavy atom. The number of unbranched alkanes of at least 4 members (excludes halogenated alkanes) is 12. The van der Waals surface area contributed by atoms with E-state index in [1.54, 1.807) is 0 Å². The quantitative estimate of drug-likeness (QED) is 0.0424. The van der Waals surface area contributed by atoms with E-state index in [1.807, 2.05) is 0 Å². The molecule has 0 saturated heterocycles. The Balaban J connectivity index is 3.27. The summed E-state index contributed by atoms with van der Waals surface area (Å²) in [6, 6.07) is 0. The van der Waals surface area contributed by atoms with Gasteiger partial charge in [0.05, 0.1) is 0 Å². The second kappa shape index (κ2) is 24.7. The van der Waals surface area contributed by atoms with Crippen molar-refractivity contribution in [3.8, 4) is 0 Å². The van der Waals surface area contributed by atoms with Crippen molar-refractivity contribution in [3.63, 3.8) is 0 Å². The Morgan fingerprint density at radius 2 is 1.09 bits per heavy atom. The van der Waals surface area contributed by atoms with Gasteiger partial charge in [0.15, 0.2) is 0 Å². The summed E-state index contributed by atoms with van der Waals surface area (Å²) in [4.78, 5) is 11.7. The third kappa shape index (κ3) is 30.4. The number of phosphoric ester groups is 1. The number of hydrogen-bond acceptors (Lipinski definition) is 6. The topological polar surface area (TPSA) is 77.1 Å². The van der Waals surface area contributed by atoms with Gasteiger partial charge in [0.1, 0.15) is 0 Å². The Morgan fingerprint density at radius 1 is 0.629 bits per heavy atom. The van der Waals surface area contributed by atoms with Crippen molar-refractivity contribution < 1.29 is 28.0 Å². The van der Waals surface area contributed by atoms with Gasteiger partial charge in [-0.2, -0.15) is 0 Å². The molecule has 0 aliphatic heterocycles. The number of ether oxygens (including phenoxy) is 2. The summed E-state index contributed by atoms with van der Waals surface area (Å²) in [6.07, 6.45) is 23.0. The average Bonchev–Trinajstić information content (AvgIpc) is 2.78. The van der Waals surface area contributed by atoms with E-state index in [1.165, 1.54) is 83.5 Å². The first-order valence-corrected chi connectivity index (χ1v) is 22.4. The van der Waals surface area contributed by atoms with Crippen molar-refractivity contribution in [1.29, 1.82) is 0 Å². The van der Waals surface area contributed by atoms with Crippen LogP contribution < -0.4 is 4.89 Å². The van der Waals surface area contributed by atoms with E-state index < -0.39 is 21.4 Å². The van der Waals surface area contributed by atoms with Crippen LogP contribution in [0.5, 0.6) is 0 Å². The van der Waals surface area contributed by atoms with Gasteiger partial charge in [-0.05, 0) is 32.1 Å². The second-order valence-electron chi connectivity index (χ2n) is 10.3. The number of hydrogen-bond donors (Lipinski definition) is 0. The molecule has 35 heavy (non-hydrogen) atoms. The zero-order chi connectivity index (χ0) is 26.1. The molecule has 0 bridgehead atoms. The van der Waals surface area contributed by atoms with Crippen molar-refractivity contribution in [3.05, 3.63) is 12.2 Å². The molecule has 0 amide bonds. The summed E-state index contributed by atoms with van der Waals surface area (Å²) in [5.74, 6) is 0. The molecule has 8 heteroatoms. The van der Waals surface area contributed by atoms with Gasteiger partial charge >= 0.3 is 111 Å². The van der Waals surface area contributed by atoms with Gasteiger partial charge in [-0.1, -0.05) is 76.9 Å². The second-order valence-corrected chi connectivity index (χ2v) is 22.2. The Kier molecular flexibility index (Phi) is 24.9. The van der Waals surface area contributed by atoms with Crippen LogP contribution in [0, 0.1) is 0 Å². The zero-order valence-electron chi connectivity index (χ0n) is 23.3. The maximum absolute atomic E-state index is 11.7. The van der Waals surface area contributed by atoms with Crippen LogP contribution in [0.4, 0.5) is 0 Å². The van der Waals surface area contributed by atoms with Gasteiger partial charge in [0.25, 0.3) is 0 Å². The van der Waals surface area contributed by atoms with E-state index >= 15 is 0 Å². The molecule has 0 heterocycles. The van der Waals surface area contributed by atoms with Crippen LogP contribution in [0.2, 0.25) is 22.3 Å². The SMILES string of the molecule is CCCCCCCC/C=C\CCCCCCCCOCCOCCOP(=O)([O-])OCC[As](C)(C)C. The Labute approximate surface area is 220 Å². The van der Waals surface area contributed by atoms with E-state index in [0.717, 1.165) is 18.2 Å². The van der Waals surface area contributed by atoms with Crippen LogP contribution >= 0.6 is 7.82 Å². The first-order valence-electron chi connectivity index (χ1n) is 14.0. The van der Waals surface area contributed by atoms with Crippen LogP contribution in [-0.4, -0.2) is 53.2 Å². The van der Waals surface area contributed by atoms with Gasteiger partial charge in [-0.3, -0.25) is 0 Å². The Hall–Kier alpha value is 0.328. The molecule has 0 spiro atoms. The summed E-state index contributed by atoms with van der Waals surface area (Å²) in [5.41, 5.74) is 6.60. The molecule has 1 radical (unpaired) electrons. The summed E-state index contributed by atoms with van der Waals surface area (Å²) in [6.45, 7) is 4.38. The molecule has 1 unspecified atom stereocenters. The normalized spacial score (nSPS) is 14.1. The molecule has 0 N–H and O–H groups in total. The maximum atomic E-state index is 11.7. The van der Waals surface area contributed by atoms with Gasteiger partial charge in [0.2, 0.25) is 0 Å². The Bertz CT molecular complexity index is 524. The van der Waals surface area contributed by atoms with Gasteiger partial charge in [-0.15, -0.1) is 0 Å². The van der Waals surface area contributed by atoms with Crippen LogP contribution in [0.1, 0.15) is 96.8 Å². The van der Waals surface area contributed by atoms with E-state index in [0.29, 0.717) is 13.2 Å². The van der Waals surface area contributed by atoms with Gasteiger partial charge in [-0.25, -0.2) is 0 Å². The summed E-state index contributed by atoms with van der Waals surface area (Å²) in [5, 5.41) is 0.818. The molecule has 0 saturated carbocycles. The van der Waals surface area contributed by atoms with Crippen molar-refractivity contribution >= 4 is 21.4 Å². The third-order valence-electron chi connectivity index (χ3n) is 5.66. The third-order valence-corrected chi connectivity index (χ3v) is 9.86. The molecule has 0 aromatic rings. The minimum atomic E-state index is -4.21. The minimum absolute atomic E-state index is 0.0225. The first kappa shape index (κ1) is 35.3. The number of rotatable bonds is 27. The van der Waals surface area contributed by atoms with Crippen molar-refractivity contribution in [2.24, 2.45) is 0 Å². The molecule has 0 aromatic heterocycles. The van der Waals surface area contributed by atoms with Gasteiger partial charge in [0, 0.05) is 0 Å². The summed E-state index contributed by atoms with van der Waals surface area (Å²) in [7, 11) is -4.21. The molecule has 0 fully saturated rings. The van der Waals surface area contributed by atoms with E-state index in [4.69, 9.17) is 18.5 Å². The standard InChI is InChI=1S/C27H57AsO6P/c1-5-6-7-8-9-10-11-12-13-14-15-16-17-18-19-20-22-31-24-25-32-26-27-34-35(29,30)33-23-21-28(2,3)4/h12-13H,5-11,14-27H2,1-4H3,(H,29,30)/p-1/b13-12-. The molecule has 0 aromatic carbocycles. The molecule has 6 nitrogen and oxygen atoms in total. The molecular weight excluding hydrogens is 526 g/mol. The van der Waals surface area contributed by atoms with Crippen molar-refractivity contribution in [2.45, 2.75) is 119 Å². The fourth-order valence-corrected chi connectivity index (χ4v) is 5.79. The predicted octanol–water partition coefficient (Wildman–Crippen LogP) is 7.90. The van der Waals surface area contributed by atoms with Gasteiger partial charge < -0.3 is 0 Å². The van der Waals surface area contributed by atoms with E-state index in [9.17, 15) is 9.46 Å². The van der Waals surface area contributed by atoms with E-state index in [-0.39, 0.29) is 19.8 Å². The average molecular weight is 583 g/mol. The number of allylic oxidation sites excluding steroid dienone is 2. The zero-order valence-corrected chi connectivity index (χ0v) is 26.1. The predicted molar refractivity (Wildman–Crippen MR) is 149 cm³/mol. The molecule has 0 aliphatic carbocycles. The fourth-order valence-electron chi connectivity index (χ4n) is 3.45. The first-order chi connectivity index (χ1) is 16.8. The van der Waals surface area contributed by atoms with Crippen LogP contribution in [0.3, 0.4) is 0 Å². The monoisotopic (exact) mass is 582 g/mol. The van der Waals surface area contributed by atoms with E-state index in [2.05, 4.69) is 36.2 Å². The van der Waals surface area contributed by atoms with Crippen LogP contribution in [0.15, 0.2) is 12.2 Å². The molecular formula is C27H56AsO6P-. The van der Waals surface area contributed by atoms with Crippen LogP contribution in [0.25, 0.3) is 0 Å². The number of phosphoric acid groups is 1. The fraction of sp³-hybridized carbons (Fsp3) is 0.926. The molecule has 1 atom stereocenters. The van der Waals surface area contributed by atoms with Crippen molar-refractivity contribution in [2.75, 3.05) is 39.6 Å². The molecule has 0 rings (SSSR count). The van der Waals surface area contributed by atoms with Crippen molar-refractivity contribution in [1.82, 2.24) is 0 Å².